The van der Waals surface area contributed by atoms with Crippen molar-refractivity contribution in [3.8, 4) is 5.88 Å². The molecule has 1 atom stereocenters. The molecular weight excluding hydrogens is 354 g/mol. The number of amides is 1. The van der Waals surface area contributed by atoms with Crippen LogP contribution in [-0.2, 0) is 13.0 Å². The molecule has 2 aromatic rings. The lowest BCUT2D eigenvalue weighted by atomic mass is 9.96. The number of aliphatic hydroxyl groups is 1. The van der Waals surface area contributed by atoms with E-state index in [1.54, 1.807) is 18.3 Å². The molecule has 1 aliphatic heterocycles. The molecule has 0 saturated heterocycles. The van der Waals surface area contributed by atoms with Gasteiger partial charge in [0.2, 0.25) is 5.88 Å². The summed E-state index contributed by atoms with van der Waals surface area (Å²) in [6.45, 7) is 2.53. The van der Waals surface area contributed by atoms with Crippen molar-refractivity contribution in [1.82, 2.24) is 15.2 Å². The second-order valence-electron chi connectivity index (χ2n) is 7.67. The number of carbonyl (C=O) groups excluding carboxylic acids is 1. The van der Waals surface area contributed by atoms with Gasteiger partial charge in [-0.05, 0) is 42.9 Å². The molecule has 2 aliphatic rings. The maximum absolute atomic E-state index is 12.4. The summed E-state index contributed by atoms with van der Waals surface area (Å²) >= 11 is 0. The summed E-state index contributed by atoms with van der Waals surface area (Å²) in [6.07, 6.45) is 5.48. The molecule has 2 N–H and O–H groups in total. The van der Waals surface area contributed by atoms with Crippen LogP contribution in [-0.4, -0.2) is 52.7 Å². The molecule has 6 heteroatoms. The number of benzene rings is 1. The molecule has 4 rings (SSSR count). The van der Waals surface area contributed by atoms with Gasteiger partial charge < -0.3 is 15.2 Å². The van der Waals surface area contributed by atoms with Crippen LogP contribution < -0.4 is 10.1 Å². The highest BCUT2D eigenvalue weighted by atomic mass is 16.5. The minimum Gasteiger partial charge on any atom is -0.474 e. The number of pyridine rings is 1. The Morgan fingerprint density at radius 2 is 2.11 bits per heavy atom. The number of hydrogen-bond donors (Lipinski definition) is 2. The Balaban J connectivity index is 1.25. The van der Waals surface area contributed by atoms with Gasteiger partial charge in [0, 0.05) is 44.0 Å². The van der Waals surface area contributed by atoms with E-state index < -0.39 is 6.10 Å². The van der Waals surface area contributed by atoms with Gasteiger partial charge in [-0.15, -0.1) is 0 Å². The molecule has 2 heterocycles. The number of nitrogens with zero attached hydrogens (tertiary/aromatic N) is 2. The fourth-order valence-electron chi connectivity index (χ4n) is 3.66. The zero-order valence-corrected chi connectivity index (χ0v) is 16.0. The SMILES string of the molecule is O=C(NCC(O)CN1CCc2ccccc2C1)c1ccnc(OC2CCC2)c1. The number of nitrogens with one attached hydrogen (secondary N) is 1. The van der Waals surface area contributed by atoms with Gasteiger partial charge in [0.25, 0.3) is 5.91 Å². The maximum atomic E-state index is 12.4. The lowest BCUT2D eigenvalue weighted by Gasteiger charge is -2.30. The summed E-state index contributed by atoms with van der Waals surface area (Å²) in [5.41, 5.74) is 3.21. The zero-order valence-electron chi connectivity index (χ0n) is 16.0. The Bertz CT molecular complexity index is 822. The standard InChI is InChI=1S/C22H27N3O3/c26-19(15-25-11-9-16-4-1-2-5-18(16)14-25)13-24-22(27)17-8-10-23-21(12-17)28-20-6-3-7-20/h1-2,4-5,8,10,12,19-20,26H,3,6-7,9,11,13-15H2,(H,24,27). The molecule has 1 aromatic heterocycles. The van der Waals surface area contributed by atoms with Crippen LogP contribution >= 0.6 is 0 Å². The first-order valence-corrected chi connectivity index (χ1v) is 10.1. The van der Waals surface area contributed by atoms with Crippen molar-refractivity contribution in [1.29, 1.82) is 0 Å². The van der Waals surface area contributed by atoms with Gasteiger partial charge in [-0.1, -0.05) is 24.3 Å². The molecule has 1 fully saturated rings. The monoisotopic (exact) mass is 381 g/mol. The average Bonchev–Trinajstić information content (AvgIpc) is 2.69. The maximum Gasteiger partial charge on any atom is 0.251 e. The quantitative estimate of drug-likeness (QED) is 0.769. The highest BCUT2D eigenvalue weighted by Crippen LogP contribution is 2.24. The Morgan fingerprint density at radius 1 is 1.29 bits per heavy atom. The van der Waals surface area contributed by atoms with Crippen molar-refractivity contribution in [2.24, 2.45) is 0 Å². The third-order valence-corrected chi connectivity index (χ3v) is 5.51. The first-order chi connectivity index (χ1) is 13.7. The molecule has 1 aliphatic carbocycles. The normalized spacial score (nSPS) is 18.0. The van der Waals surface area contributed by atoms with E-state index in [1.165, 1.54) is 17.5 Å². The van der Waals surface area contributed by atoms with Gasteiger partial charge in [-0.2, -0.15) is 0 Å². The summed E-state index contributed by atoms with van der Waals surface area (Å²) in [5, 5.41) is 13.2. The van der Waals surface area contributed by atoms with Crippen LogP contribution in [0.2, 0.25) is 0 Å². The van der Waals surface area contributed by atoms with Gasteiger partial charge >= 0.3 is 0 Å². The fraction of sp³-hybridized carbons (Fsp3) is 0.455. The van der Waals surface area contributed by atoms with Gasteiger partial charge in [-0.3, -0.25) is 9.69 Å². The molecular formula is C22H27N3O3. The number of β-amino-alcohol motifs (C(OH)–C–C–N with tert-alkyl or cyclic N) is 1. The van der Waals surface area contributed by atoms with E-state index in [0.29, 0.717) is 18.0 Å². The third kappa shape index (κ3) is 4.69. The molecule has 0 bridgehead atoms. The summed E-state index contributed by atoms with van der Waals surface area (Å²) in [6, 6.07) is 11.8. The fourth-order valence-corrected chi connectivity index (χ4v) is 3.66. The van der Waals surface area contributed by atoms with Gasteiger partial charge in [0.15, 0.2) is 0 Å². The van der Waals surface area contributed by atoms with Gasteiger partial charge in [-0.25, -0.2) is 4.98 Å². The molecule has 28 heavy (non-hydrogen) atoms. The van der Waals surface area contributed by atoms with Crippen molar-refractivity contribution in [3.63, 3.8) is 0 Å². The van der Waals surface area contributed by atoms with Crippen molar-refractivity contribution in [3.05, 3.63) is 59.3 Å². The highest BCUT2D eigenvalue weighted by molar-refractivity contribution is 5.94. The topological polar surface area (TPSA) is 74.7 Å². The number of aliphatic hydroxyl groups excluding tert-OH is 1. The highest BCUT2D eigenvalue weighted by Gasteiger charge is 2.21. The van der Waals surface area contributed by atoms with E-state index in [2.05, 4.69) is 39.5 Å². The predicted molar refractivity (Wildman–Crippen MR) is 106 cm³/mol. The van der Waals surface area contributed by atoms with E-state index in [9.17, 15) is 9.90 Å². The molecule has 1 aromatic carbocycles. The number of hydrogen-bond acceptors (Lipinski definition) is 5. The van der Waals surface area contributed by atoms with E-state index in [-0.39, 0.29) is 18.6 Å². The number of fused-ring (bicyclic) bond motifs is 1. The molecule has 6 nitrogen and oxygen atoms in total. The zero-order chi connectivity index (χ0) is 19.3. The number of carbonyl (C=O) groups is 1. The van der Waals surface area contributed by atoms with E-state index in [0.717, 1.165) is 32.4 Å². The van der Waals surface area contributed by atoms with Crippen LogP contribution in [0, 0.1) is 0 Å². The summed E-state index contributed by atoms with van der Waals surface area (Å²) < 4.78 is 5.75. The Kier molecular flexibility index (Phi) is 5.88. The van der Waals surface area contributed by atoms with E-state index in [4.69, 9.17) is 4.74 Å². The lowest BCUT2D eigenvalue weighted by molar-refractivity contribution is 0.0839. The van der Waals surface area contributed by atoms with Crippen LogP contribution in [0.3, 0.4) is 0 Å². The molecule has 148 valence electrons. The number of rotatable bonds is 7. The second kappa shape index (κ2) is 8.71. The first-order valence-electron chi connectivity index (χ1n) is 10.1. The van der Waals surface area contributed by atoms with Crippen LogP contribution in [0.25, 0.3) is 0 Å². The molecule has 0 spiro atoms. The molecule has 1 amide bonds. The molecule has 1 saturated carbocycles. The second-order valence-corrected chi connectivity index (χ2v) is 7.67. The minimum absolute atomic E-state index is 0.219. The number of ether oxygens (including phenoxy) is 1. The molecule has 0 radical (unpaired) electrons. The Labute approximate surface area is 165 Å². The van der Waals surface area contributed by atoms with Crippen LogP contribution in [0.4, 0.5) is 0 Å². The van der Waals surface area contributed by atoms with Gasteiger partial charge in [0.1, 0.15) is 6.10 Å². The summed E-state index contributed by atoms with van der Waals surface area (Å²) in [7, 11) is 0. The lowest BCUT2D eigenvalue weighted by Crippen LogP contribution is -2.42. The van der Waals surface area contributed by atoms with Crippen molar-refractivity contribution >= 4 is 5.91 Å². The average molecular weight is 381 g/mol. The smallest absolute Gasteiger partial charge is 0.251 e. The molecule has 1 unspecified atom stereocenters. The van der Waals surface area contributed by atoms with Crippen LogP contribution in [0.1, 0.15) is 40.7 Å². The Hall–Kier alpha value is -2.44. The summed E-state index contributed by atoms with van der Waals surface area (Å²) in [4.78, 5) is 18.8. The van der Waals surface area contributed by atoms with Crippen LogP contribution in [0.15, 0.2) is 42.6 Å². The minimum atomic E-state index is -0.609. The third-order valence-electron chi connectivity index (χ3n) is 5.51. The van der Waals surface area contributed by atoms with Gasteiger partial charge in [0.05, 0.1) is 6.10 Å². The first kappa shape index (κ1) is 18.9. The largest absolute Gasteiger partial charge is 0.474 e. The predicted octanol–water partition coefficient (Wildman–Crippen LogP) is 2.16. The number of aromatic nitrogens is 1. The van der Waals surface area contributed by atoms with E-state index in [1.807, 2.05) is 0 Å². The Morgan fingerprint density at radius 3 is 2.89 bits per heavy atom. The van der Waals surface area contributed by atoms with Crippen molar-refractivity contribution < 1.29 is 14.6 Å². The van der Waals surface area contributed by atoms with Crippen LogP contribution in [0.5, 0.6) is 5.88 Å². The van der Waals surface area contributed by atoms with Crippen molar-refractivity contribution in [2.75, 3.05) is 19.6 Å². The van der Waals surface area contributed by atoms with Crippen molar-refractivity contribution in [2.45, 2.75) is 44.4 Å². The summed E-state index contributed by atoms with van der Waals surface area (Å²) in [5.74, 6) is 0.272. The van der Waals surface area contributed by atoms with E-state index >= 15 is 0 Å².